The maximum Gasteiger partial charge on any atom is 0.222 e. The van der Waals surface area contributed by atoms with Gasteiger partial charge in [-0.15, -0.1) is 0 Å². The van der Waals surface area contributed by atoms with E-state index in [1.54, 1.807) is 0 Å². The van der Waals surface area contributed by atoms with Crippen LogP contribution in [0.2, 0.25) is 0 Å². The fraction of sp³-hybridized carbons (Fsp3) is 0.111. The molecule has 3 aromatic rings. The smallest absolute Gasteiger partial charge is 0.222 e. The van der Waals surface area contributed by atoms with Crippen LogP contribution in [0, 0.1) is 6.92 Å². The molecular weight excluding hydrogens is 244 g/mol. The zero-order valence-electron chi connectivity index (χ0n) is 11.7. The molecule has 0 saturated heterocycles. The molecular formula is C18H17N2+. The number of pyridine rings is 2. The van der Waals surface area contributed by atoms with Gasteiger partial charge in [-0.3, -0.25) is 4.98 Å². The van der Waals surface area contributed by atoms with Gasteiger partial charge in [0.05, 0.1) is 11.3 Å². The third-order valence-electron chi connectivity index (χ3n) is 3.52. The number of nitrogens with zero attached hydrogens (tertiary/aromatic N) is 2. The summed E-state index contributed by atoms with van der Waals surface area (Å²) in [5, 5.41) is 0. The van der Waals surface area contributed by atoms with Gasteiger partial charge in [-0.05, 0) is 36.8 Å². The molecule has 2 nitrogen and oxygen atoms in total. The highest BCUT2D eigenvalue weighted by molar-refractivity contribution is 5.78. The lowest BCUT2D eigenvalue weighted by Gasteiger charge is -2.09. The van der Waals surface area contributed by atoms with Gasteiger partial charge in [-0.1, -0.05) is 24.3 Å². The minimum Gasteiger partial charge on any atom is -0.256 e. The average molecular weight is 261 g/mol. The Bertz CT molecular complexity index is 733. The number of rotatable bonds is 2. The molecule has 0 aliphatic heterocycles. The van der Waals surface area contributed by atoms with Crippen LogP contribution in [0.1, 0.15) is 5.56 Å². The average Bonchev–Trinajstić information content (AvgIpc) is 2.49. The van der Waals surface area contributed by atoms with E-state index in [2.05, 4.69) is 72.2 Å². The molecule has 3 rings (SSSR count). The van der Waals surface area contributed by atoms with Crippen molar-refractivity contribution in [3.63, 3.8) is 0 Å². The van der Waals surface area contributed by atoms with E-state index in [1.807, 2.05) is 18.3 Å². The molecule has 0 spiro atoms. The summed E-state index contributed by atoms with van der Waals surface area (Å²) in [7, 11) is 2.08. The first-order valence-corrected chi connectivity index (χ1v) is 6.73. The highest BCUT2D eigenvalue weighted by Gasteiger charge is 2.18. The first-order valence-electron chi connectivity index (χ1n) is 6.73. The van der Waals surface area contributed by atoms with Crippen molar-refractivity contribution in [2.75, 3.05) is 0 Å². The molecule has 2 heteroatoms. The molecule has 0 N–H and O–H groups in total. The van der Waals surface area contributed by atoms with Crippen molar-refractivity contribution in [1.82, 2.24) is 4.98 Å². The van der Waals surface area contributed by atoms with Gasteiger partial charge in [0.15, 0.2) is 6.20 Å². The van der Waals surface area contributed by atoms with Crippen molar-refractivity contribution >= 4 is 0 Å². The zero-order valence-corrected chi connectivity index (χ0v) is 11.7. The van der Waals surface area contributed by atoms with Gasteiger partial charge in [-0.2, -0.15) is 0 Å². The van der Waals surface area contributed by atoms with Gasteiger partial charge in [0.25, 0.3) is 0 Å². The Morgan fingerprint density at radius 1 is 0.850 bits per heavy atom. The maximum absolute atomic E-state index is 4.49. The van der Waals surface area contributed by atoms with Crippen LogP contribution in [0.25, 0.3) is 22.5 Å². The lowest BCUT2D eigenvalue weighted by atomic mass is 9.99. The monoisotopic (exact) mass is 261 g/mol. The lowest BCUT2D eigenvalue weighted by molar-refractivity contribution is -0.660. The van der Waals surface area contributed by atoms with Gasteiger partial charge in [-0.25, -0.2) is 4.57 Å². The molecule has 20 heavy (non-hydrogen) atoms. The number of aromatic nitrogens is 2. The fourth-order valence-corrected chi connectivity index (χ4v) is 2.51. The van der Waals surface area contributed by atoms with E-state index >= 15 is 0 Å². The Morgan fingerprint density at radius 3 is 2.35 bits per heavy atom. The Kier molecular flexibility index (Phi) is 3.30. The maximum atomic E-state index is 4.49. The van der Waals surface area contributed by atoms with Gasteiger partial charge in [0, 0.05) is 17.8 Å². The summed E-state index contributed by atoms with van der Waals surface area (Å²) in [6, 6.07) is 18.7. The van der Waals surface area contributed by atoms with Crippen molar-refractivity contribution in [2.24, 2.45) is 7.05 Å². The van der Waals surface area contributed by atoms with E-state index in [4.69, 9.17) is 0 Å². The molecule has 0 aliphatic rings. The third-order valence-corrected chi connectivity index (χ3v) is 3.52. The van der Waals surface area contributed by atoms with Crippen LogP contribution in [0.5, 0.6) is 0 Å². The van der Waals surface area contributed by atoms with Crippen molar-refractivity contribution in [3.05, 3.63) is 72.6 Å². The molecule has 1 aromatic carbocycles. The summed E-state index contributed by atoms with van der Waals surface area (Å²) in [6.45, 7) is 2.14. The van der Waals surface area contributed by atoms with E-state index < -0.39 is 0 Å². The van der Waals surface area contributed by atoms with Gasteiger partial charge in [0.2, 0.25) is 5.69 Å². The van der Waals surface area contributed by atoms with Gasteiger partial charge in [0.1, 0.15) is 7.05 Å². The van der Waals surface area contributed by atoms with Crippen LogP contribution in [0.3, 0.4) is 0 Å². The summed E-state index contributed by atoms with van der Waals surface area (Å²) < 4.78 is 2.16. The molecule has 0 unspecified atom stereocenters. The summed E-state index contributed by atoms with van der Waals surface area (Å²) in [5.74, 6) is 0. The van der Waals surface area contributed by atoms with Crippen LogP contribution in [0.15, 0.2) is 67.0 Å². The quantitative estimate of drug-likeness (QED) is 0.645. The molecule has 0 amide bonds. The van der Waals surface area contributed by atoms with E-state index in [0.29, 0.717) is 0 Å². The van der Waals surface area contributed by atoms with Crippen LogP contribution in [-0.2, 0) is 7.05 Å². The standard InChI is InChI=1S/C18H17N2/c1-14-8-3-4-9-15(14)18-16(10-7-13-20(18)2)17-11-5-6-12-19-17/h3-13H,1-2H3/q+1. The fourth-order valence-electron chi connectivity index (χ4n) is 2.51. The Morgan fingerprint density at radius 2 is 1.60 bits per heavy atom. The van der Waals surface area contributed by atoms with E-state index in [1.165, 1.54) is 16.8 Å². The predicted octanol–water partition coefficient (Wildman–Crippen LogP) is 3.55. The molecule has 2 aromatic heterocycles. The van der Waals surface area contributed by atoms with E-state index in [9.17, 15) is 0 Å². The second kappa shape index (κ2) is 5.25. The van der Waals surface area contributed by atoms with E-state index in [0.717, 1.165) is 11.3 Å². The predicted molar refractivity (Wildman–Crippen MR) is 81.0 cm³/mol. The summed E-state index contributed by atoms with van der Waals surface area (Å²) in [5.41, 5.74) is 5.87. The molecule has 0 atom stereocenters. The molecule has 98 valence electrons. The molecule has 0 saturated carbocycles. The highest BCUT2D eigenvalue weighted by Crippen LogP contribution is 2.29. The second-order valence-corrected chi connectivity index (χ2v) is 4.91. The summed E-state index contributed by atoms with van der Waals surface area (Å²) >= 11 is 0. The van der Waals surface area contributed by atoms with Gasteiger partial charge >= 0.3 is 0 Å². The first-order chi connectivity index (χ1) is 9.77. The minimum atomic E-state index is 1.00. The topological polar surface area (TPSA) is 16.8 Å². The van der Waals surface area contributed by atoms with Crippen LogP contribution >= 0.6 is 0 Å². The number of hydrogen-bond acceptors (Lipinski definition) is 1. The SMILES string of the molecule is Cc1ccccc1-c1c(-c2ccccn2)ccc[n+]1C. The summed E-state index contributed by atoms with van der Waals surface area (Å²) in [6.07, 6.45) is 3.91. The Balaban J connectivity index is 2.29. The normalized spacial score (nSPS) is 10.5. The van der Waals surface area contributed by atoms with Crippen LogP contribution in [-0.4, -0.2) is 4.98 Å². The molecule has 0 fully saturated rings. The van der Waals surface area contributed by atoms with Crippen molar-refractivity contribution < 1.29 is 4.57 Å². The Labute approximate surface area is 119 Å². The zero-order chi connectivity index (χ0) is 13.9. The summed E-state index contributed by atoms with van der Waals surface area (Å²) in [4.78, 5) is 4.49. The number of hydrogen-bond donors (Lipinski definition) is 0. The van der Waals surface area contributed by atoms with Crippen molar-refractivity contribution in [2.45, 2.75) is 6.92 Å². The highest BCUT2D eigenvalue weighted by atomic mass is 14.9. The van der Waals surface area contributed by atoms with Crippen molar-refractivity contribution in [3.8, 4) is 22.5 Å². The third kappa shape index (κ3) is 2.21. The van der Waals surface area contributed by atoms with Crippen LogP contribution in [0.4, 0.5) is 0 Å². The Hall–Kier alpha value is -2.48. The van der Waals surface area contributed by atoms with Crippen LogP contribution < -0.4 is 4.57 Å². The molecule has 0 aliphatic carbocycles. The van der Waals surface area contributed by atoms with Gasteiger partial charge < -0.3 is 0 Å². The largest absolute Gasteiger partial charge is 0.256 e. The lowest BCUT2D eigenvalue weighted by Crippen LogP contribution is -2.31. The molecule has 0 radical (unpaired) electrons. The molecule has 0 bridgehead atoms. The number of benzene rings is 1. The van der Waals surface area contributed by atoms with Crippen molar-refractivity contribution in [1.29, 1.82) is 0 Å². The minimum absolute atomic E-state index is 1.00. The first kappa shape index (κ1) is 12.5. The van der Waals surface area contributed by atoms with E-state index in [-0.39, 0.29) is 0 Å². The molecule has 2 heterocycles. The second-order valence-electron chi connectivity index (χ2n) is 4.91. The number of aryl methyl sites for hydroxylation is 2.